The van der Waals surface area contributed by atoms with E-state index in [1.807, 2.05) is 32.9 Å². The number of rotatable bonds is 2. The molecule has 0 aliphatic heterocycles. The molecule has 0 bridgehead atoms. The SMILES string of the molecule is CC=C(C)C=C(C)CO. The van der Waals surface area contributed by atoms with Gasteiger partial charge >= 0.3 is 0 Å². The normalized spacial score (nSPS) is 14.2. The van der Waals surface area contributed by atoms with E-state index in [1.54, 1.807) is 0 Å². The molecule has 0 aliphatic carbocycles. The van der Waals surface area contributed by atoms with Crippen LogP contribution in [0.3, 0.4) is 0 Å². The average Bonchev–Trinajstić information content (AvgIpc) is 1.87. The summed E-state index contributed by atoms with van der Waals surface area (Å²) in [5.41, 5.74) is 2.20. The second kappa shape index (κ2) is 4.33. The fourth-order valence-corrected chi connectivity index (χ4v) is 0.518. The molecule has 0 amide bonds. The first-order valence-electron chi connectivity index (χ1n) is 3.11. The van der Waals surface area contributed by atoms with Crippen LogP contribution in [0.1, 0.15) is 20.8 Å². The lowest BCUT2D eigenvalue weighted by molar-refractivity contribution is 0.331. The van der Waals surface area contributed by atoms with Gasteiger partial charge in [0.05, 0.1) is 6.61 Å². The average molecular weight is 126 g/mol. The van der Waals surface area contributed by atoms with Gasteiger partial charge in [0.1, 0.15) is 0 Å². The number of allylic oxidation sites excluding steroid dienone is 3. The zero-order chi connectivity index (χ0) is 7.28. The van der Waals surface area contributed by atoms with Crippen LogP contribution in [0.4, 0.5) is 0 Å². The molecule has 52 valence electrons. The Balaban J connectivity index is 3.95. The smallest absolute Gasteiger partial charge is 0.0642 e. The van der Waals surface area contributed by atoms with Crippen molar-refractivity contribution in [2.24, 2.45) is 0 Å². The van der Waals surface area contributed by atoms with Gasteiger partial charge in [0.25, 0.3) is 0 Å². The van der Waals surface area contributed by atoms with Gasteiger partial charge in [-0.1, -0.05) is 17.7 Å². The second-order valence-corrected chi connectivity index (χ2v) is 2.18. The molecule has 0 aromatic heterocycles. The minimum Gasteiger partial charge on any atom is -0.392 e. The minimum atomic E-state index is 0.158. The molecule has 0 saturated carbocycles. The van der Waals surface area contributed by atoms with E-state index in [0.29, 0.717) is 0 Å². The number of hydrogen-bond donors (Lipinski definition) is 1. The van der Waals surface area contributed by atoms with Crippen LogP contribution in [-0.2, 0) is 0 Å². The molecule has 1 N–H and O–H groups in total. The summed E-state index contributed by atoms with van der Waals surface area (Å²) >= 11 is 0. The molecule has 0 heterocycles. The van der Waals surface area contributed by atoms with Gasteiger partial charge < -0.3 is 5.11 Å². The molecule has 0 atom stereocenters. The highest BCUT2D eigenvalue weighted by Crippen LogP contribution is 1.99. The summed E-state index contributed by atoms with van der Waals surface area (Å²) in [5.74, 6) is 0. The van der Waals surface area contributed by atoms with Gasteiger partial charge in [0, 0.05) is 0 Å². The molecular formula is C8H14O. The fraction of sp³-hybridized carbons (Fsp3) is 0.500. The van der Waals surface area contributed by atoms with E-state index < -0.39 is 0 Å². The molecule has 0 aliphatic rings. The Morgan fingerprint density at radius 1 is 1.44 bits per heavy atom. The minimum absolute atomic E-state index is 0.158. The van der Waals surface area contributed by atoms with Crippen molar-refractivity contribution in [3.63, 3.8) is 0 Å². The maximum Gasteiger partial charge on any atom is 0.0642 e. The molecule has 1 nitrogen and oxygen atoms in total. The monoisotopic (exact) mass is 126 g/mol. The molecular weight excluding hydrogens is 112 g/mol. The maximum atomic E-state index is 8.58. The third-order valence-corrected chi connectivity index (χ3v) is 1.18. The van der Waals surface area contributed by atoms with Crippen LogP contribution in [0.15, 0.2) is 23.3 Å². The Bertz CT molecular complexity index is 132. The van der Waals surface area contributed by atoms with Gasteiger partial charge in [-0.3, -0.25) is 0 Å². The van der Waals surface area contributed by atoms with Crippen molar-refractivity contribution < 1.29 is 5.11 Å². The zero-order valence-electron chi connectivity index (χ0n) is 6.31. The van der Waals surface area contributed by atoms with E-state index >= 15 is 0 Å². The molecule has 9 heavy (non-hydrogen) atoms. The van der Waals surface area contributed by atoms with E-state index in [0.717, 1.165) is 5.57 Å². The van der Waals surface area contributed by atoms with Crippen LogP contribution in [0.25, 0.3) is 0 Å². The summed E-state index contributed by atoms with van der Waals surface area (Å²) in [6.07, 6.45) is 3.99. The molecule has 1 heteroatoms. The maximum absolute atomic E-state index is 8.58. The van der Waals surface area contributed by atoms with Crippen LogP contribution < -0.4 is 0 Å². The van der Waals surface area contributed by atoms with Crippen molar-refractivity contribution in [1.82, 2.24) is 0 Å². The van der Waals surface area contributed by atoms with Crippen LogP contribution in [0.5, 0.6) is 0 Å². The van der Waals surface area contributed by atoms with Gasteiger partial charge in [-0.2, -0.15) is 0 Å². The highest BCUT2D eigenvalue weighted by Gasteiger charge is 1.83. The first-order valence-corrected chi connectivity index (χ1v) is 3.11. The third kappa shape index (κ3) is 3.98. The lowest BCUT2D eigenvalue weighted by Crippen LogP contribution is -1.83. The van der Waals surface area contributed by atoms with Gasteiger partial charge in [-0.05, 0) is 26.3 Å². The summed E-state index contributed by atoms with van der Waals surface area (Å²) in [6.45, 7) is 6.06. The molecule has 0 saturated heterocycles. The Morgan fingerprint density at radius 3 is 2.33 bits per heavy atom. The van der Waals surface area contributed by atoms with Gasteiger partial charge in [-0.25, -0.2) is 0 Å². The summed E-state index contributed by atoms with van der Waals surface area (Å²) in [5, 5.41) is 8.58. The van der Waals surface area contributed by atoms with E-state index in [2.05, 4.69) is 0 Å². The van der Waals surface area contributed by atoms with Crippen molar-refractivity contribution in [2.75, 3.05) is 6.61 Å². The van der Waals surface area contributed by atoms with Crippen LogP contribution in [0, 0.1) is 0 Å². The van der Waals surface area contributed by atoms with Crippen molar-refractivity contribution in [2.45, 2.75) is 20.8 Å². The molecule has 0 unspecified atom stereocenters. The lowest BCUT2D eigenvalue weighted by atomic mass is 10.2. The van der Waals surface area contributed by atoms with Crippen molar-refractivity contribution in [3.05, 3.63) is 23.3 Å². The zero-order valence-corrected chi connectivity index (χ0v) is 6.31. The van der Waals surface area contributed by atoms with Crippen LogP contribution >= 0.6 is 0 Å². The Kier molecular flexibility index (Phi) is 4.06. The summed E-state index contributed by atoms with van der Waals surface area (Å²) < 4.78 is 0. The van der Waals surface area contributed by atoms with E-state index in [9.17, 15) is 0 Å². The number of hydrogen-bond acceptors (Lipinski definition) is 1. The standard InChI is InChI=1S/C8H14O/c1-4-7(2)5-8(3)6-9/h4-5,9H,6H2,1-3H3. The summed E-state index contributed by atoms with van der Waals surface area (Å²) in [6, 6.07) is 0. The van der Waals surface area contributed by atoms with Gasteiger partial charge in [0.2, 0.25) is 0 Å². The highest BCUT2D eigenvalue weighted by molar-refractivity contribution is 5.19. The van der Waals surface area contributed by atoms with Crippen molar-refractivity contribution in [3.8, 4) is 0 Å². The number of aliphatic hydroxyl groups is 1. The third-order valence-electron chi connectivity index (χ3n) is 1.18. The first-order chi connectivity index (χ1) is 4.20. The van der Waals surface area contributed by atoms with Crippen LogP contribution in [-0.4, -0.2) is 11.7 Å². The van der Waals surface area contributed by atoms with Gasteiger partial charge in [0.15, 0.2) is 0 Å². The number of aliphatic hydroxyl groups excluding tert-OH is 1. The largest absolute Gasteiger partial charge is 0.392 e. The molecule has 0 rings (SSSR count). The Labute approximate surface area is 56.7 Å². The highest BCUT2D eigenvalue weighted by atomic mass is 16.3. The van der Waals surface area contributed by atoms with Gasteiger partial charge in [-0.15, -0.1) is 0 Å². The molecule has 0 spiro atoms. The van der Waals surface area contributed by atoms with E-state index in [1.165, 1.54) is 5.57 Å². The first kappa shape index (κ1) is 8.44. The molecule has 0 aromatic carbocycles. The second-order valence-electron chi connectivity index (χ2n) is 2.18. The quantitative estimate of drug-likeness (QED) is 0.560. The van der Waals surface area contributed by atoms with Crippen molar-refractivity contribution >= 4 is 0 Å². The Morgan fingerprint density at radius 2 is 2.00 bits per heavy atom. The fourth-order valence-electron chi connectivity index (χ4n) is 0.518. The molecule has 0 fully saturated rings. The van der Waals surface area contributed by atoms with E-state index in [-0.39, 0.29) is 6.61 Å². The van der Waals surface area contributed by atoms with E-state index in [4.69, 9.17) is 5.11 Å². The predicted molar refractivity (Wildman–Crippen MR) is 40.3 cm³/mol. The topological polar surface area (TPSA) is 20.2 Å². The molecule has 0 radical (unpaired) electrons. The summed E-state index contributed by atoms with van der Waals surface area (Å²) in [4.78, 5) is 0. The lowest BCUT2D eigenvalue weighted by Gasteiger charge is -1.93. The van der Waals surface area contributed by atoms with Crippen molar-refractivity contribution in [1.29, 1.82) is 0 Å². The summed E-state index contributed by atoms with van der Waals surface area (Å²) in [7, 11) is 0. The predicted octanol–water partition coefficient (Wildman–Crippen LogP) is 1.89. The van der Waals surface area contributed by atoms with Crippen LogP contribution in [0.2, 0.25) is 0 Å². The molecule has 0 aromatic rings. The Hall–Kier alpha value is -0.560.